The average molecular weight is 409 g/mol. The van der Waals surface area contributed by atoms with Gasteiger partial charge in [-0.05, 0) is 41.8 Å². The average Bonchev–Trinajstić information content (AvgIpc) is 3.12. The first kappa shape index (κ1) is 17.9. The van der Waals surface area contributed by atoms with Gasteiger partial charge in [-0.3, -0.25) is 4.79 Å². The van der Waals surface area contributed by atoms with Gasteiger partial charge in [-0.2, -0.15) is 4.31 Å². The number of aryl methyl sites for hydroxylation is 1. The Morgan fingerprint density at radius 1 is 1.15 bits per heavy atom. The number of amides is 1. The maximum absolute atomic E-state index is 13.3. The van der Waals surface area contributed by atoms with Crippen LogP contribution in [-0.2, 0) is 21.2 Å². The quantitative estimate of drug-likeness (QED) is 0.841. The Balaban J connectivity index is 1.70. The number of carbonyl (C=O) groups is 1. The van der Waals surface area contributed by atoms with Crippen LogP contribution in [0.15, 0.2) is 47.4 Å². The van der Waals surface area contributed by atoms with E-state index in [4.69, 9.17) is 11.6 Å². The second-order valence-corrected chi connectivity index (χ2v) is 9.71. The van der Waals surface area contributed by atoms with E-state index in [2.05, 4.69) is 5.32 Å². The lowest BCUT2D eigenvalue weighted by atomic mass is 10.0. The molecule has 8 heteroatoms. The summed E-state index contributed by atoms with van der Waals surface area (Å²) in [6, 6.07) is 12.3. The minimum Gasteiger partial charge on any atom is -0.326 e. The molecule has 136 valence electrons. The van der Waals surface area contributed by atoms with E-state index in [1.54, 1.807) is 36.0 Å². The van der Waals surface area contributed by atoms with Gasteiger partial charge in [0.15, 0.2) is 0 Å². The summed E-state index contributed by atoms with van der Waals surface area (Å²) in [7, 11) is -3.66. The molecule has 2 aliphatic rings. The summed E-state index contributed by atoms with van der Waals surface area (Å²) >= 11 is 7.87. The zero-order chi connectivity index (χ0) is 18.3. The van der Waals surface area contributed by atoms with Crippen LogP contribution in [0.3, 0.4) is 0 Å². The Morgan fingerprint density at radius 2 is 1.96 bits per heavy atom. The Kier molecular flexibility index (Phi) is 4.73. The molecule has 2 aromatic carbocycles. The maximum Gasteiger partial charge on any atom is 0.244 e. The summed E-state index contributed by atoms with van der Waals surface area (Å²) in [5.74, 6) is 0.679. The third-order valence-corrected chi connectivity index (χ3v) is 8.18. The Bertz CT molecular complexity index is 978. The molecule has 5 nitrogen and oxygen atoms in total. The first-order chi connectivity index (χ1) is 12.5. The van der Waals surface area contributed by atoms with Crippen molar-refractivity contribution in [1.29, 1.82) is 0 Å². The molecule has 1 amide bonds. The van der Waals surface area contributed by atoms with Crippen LogP contribution in [0.25, 0.3) is 0 Å². The summed E-state index contributed by atoms with van der Waals surface area (Å²) < 4.78 is 28.0. The van der Waals surface area contributed by atoms with Gasteiger partial charge in [0.1, 0.15) is 0 Å². The molecule has 2 heterocycles. The Hall–Kier alpha value is -1.54. The lowest BCUT2D eigenvalue weighted by molar-refractivity contribution is -0.116. The molecule has 1 atom stereocenters. The molecule has 1 N–H and O–H groups in total. The SMILES string of the molecule is O=C1CCc2cc(S(=O)(=O)N3CCSC3c3ccccc3Cl)ccc2N1. The summed E-state index contributed by atoms with van der Waals surface area (Å²) in [4.78, 5) is 11.8. The van der Waals surface area contributed by atoms with Crippen molar-refractivity contribution in [3.63, 3.8) is 0 Å². The van der Waals surface area contributed by atoms with Crippen molar-refractivity contribution < 1.29 is 13.2 Å². The lowest BCUT2D eigenvalue weighted by Gasteiger charge is -2.25. The number of nitrogens with zero attached hydrogens (tertiary/aromatic N) is 1. The van der Waals surface area contributed by atoms with E-state index < -0.39 is 10.0 Å². The second-order valence-electron chi connectivity index (χ2n) is 6.23. The van der Waals surface area contributed by atoms with Crippen LogP contribution in [0.2, 0.25) is 5.02 Å². The van der Waals surface area contributed by atoms with E-state index in [9.17, 15) is 13.2 Å². The van der Waals surface area contributed by atoms with Crippen LogP contribution >= 0.6 is 23.4 Å². The largest absolute Gasteiger partial charge is 0.326 e. The van der Waals surface area contributed by atoms with E-state index in [1.807, 2.05) is 18.2 Å². The molecule has 4 rings (SSSR count). The minimum absolute atomic E-state index is 0.0390. The van der Waals surface area contributed by atoms with E-state index in [0.717, 1.165) is 16.9 Å². The summed E-state index contributed by atoms with van der Waals surface area (Å²) in [5, 5.41) is 3.02. The van der Waals surface area contributed by atoms with Crippen LogP contribution in [0.1, 0.15) is 22.9 Å². The zero-order valence-electron chi connectivity index (χ0n) is 13.8. The molecule has 1 fully saturated rings. The zero-order valence-corrected chi connectivity index (χ0v) is 16.2. The van der Waals surface area contributed by atoms with Gasteiger partial charge in [0.2, 0.25) is 15.9 Å². The highest BCUT2D eigenvalue weighted by molar-refractivity contribution is 8.01. The van der Waals surface area contributed by atoms with Gasteiger partial charge in [-0.1, -0.05) is 29.8 Å². The number of rotatable bonds is 3. The highest BCUT2D eigenvalue weighted by atomic mass is 35.5. The first-order valence-corrected chi connectivity index (χ1v) is 11.1. The smallest absolute Gasteiger partial charge is 0.244 e. The molecular formula is C18H17ClN2O3S2. The highest BCUT2D eigenvalue weighted by Gasteiger charge is 2.38. The Morgan fingerprint density at radius 3 is 2.77 bits per heavy atom. The van der Waals surface area contributed by atoms with Crippen LogP contribution in [-0.4, -0.2) is 30.9 Å². The normalized spacial score (nSPS) is 20.7. The number of sulfonamides is 1. The van der Waals surface area contributed by atoms with Crippen molar-refractivity contribution in [2.75, 3.05) is 17.6 Å². The fourth-order valence-electron chi connectivity index (χ4n) is 3.28. The topological polar surface area (TPSA) is 66.5 Å². The lowest BCUT2D eigenvalue weighted by Crippen LogP contribution is -2.31. The van der Waals surface area contributed by atoms with Crippen LogP contribution < -0.4 is 5.32 Å². The van der Waals surface area contributed by atoms with Crippen LogP contribution in [0.5, 0.6) is 0 Å². The number of fused-ring (bicyclic) bond motifs is 1. The summed E-state index contributed by atoms with van der Waals surface area (Å²) in [6.07, 6.45) is 0.922. The fourth-order valence-corrected chi connectivity index (χ4v) is 6.90. The molecule has 0 spiro atoms. The van der Waals surface area contributed by atoms with Crippen molar-refractivity contribution in [2.45, 2.75) is 23.1 Å². The predicted molar refractivity (Wildman–Crippen MR) is 104 cm³/mol. The first-order valence-electron chi connectivity index (χ1n) is 8.27. The van der Waals surface area contributed by atoms with E-state index in [-0.39, 0.29) is 16.2 Å². The van der Waals surface area contributed by atoms with Gasteiger partial charge in [0.05, 0.1) is 10.3 Å². The summed E-state index contributed by atoms with van der Waals surface area (Å²) in [5.41, 5.74) is 2.36. The van der Waals surface area contributed by atoms with Gasteiger partial charge in [-0.15, -0.1) is 11.8 Å². The van der Waals surface area contributed by atoms with E-state index in [0.29, 0.717) is 30.1 Å². The third kappa shape index (κ3) is 3.13. The molecule has 1 saturated heterocycles. The minimum atomic E-state index is -3.66. The molecular weight excluding hydrogens is 392 g/mol. The monoisotopic (exact) mass is 408 g/mol. The van der Waals surface area contributed by atoms with Crippen molar-refractivity contribution >= 4 is 45.0 Å². The molecule has 0 aromatic heterocycles. The number of halogens is 1. The van der Waals surface area contributed by atoms with E-state index >= 15 is 0 Å². The fraction of sp³-hybridized carbons (Fsp3) is 0.278. The molecule has 1 unspecified atom stereocenters. The standard InChI is InChI=1S/C18H17ClN2O3S2/c19-15-4-2-1-3-14(15)18-21(9-10-25-18)26(23,24)13-6-7-16-12(11-13)5-8-17(22)20-16/h1-4,6-7,11,18H,5,8-10H2,(H,20,22). The van der Waals surface area contributed by atoms with Crippen LogP contribution in [0.4, 0.5) is 5.69 Å². The number of hydrogen-bond donors (Lipinski definition) is 1. The molecule has 0 bridgehead atoms. The van der Waals surface area contributed by atoms with Gasteiger partial charge in [0, 0.05) is 29.4 Å². The highest BCUT2D eigenvalue weighted by Crippen LogP contribution is 2.44. The number of anilines is 1. The molecule has 26 heavy (non-hydrogen) atoms. The molecule has 2 aromatic rings. The third-order valence-electron chi connectivity index (χ3n) is 4.60. The molecule has 2 aliphatic heterocycles. The molecule has 0 saturated carbocycles. The van der Waals surface area contributed by atoms with Crippen molar-refractivity contribution in [1.82, 2.24) is 4.31 Å². The van der Waals surface area contributed by atoms with Gasteiger partial charge in [0.25, 0.3) is 0 Å². The maximum atomic E-state index is 13.3. The molecule has 0 radical (unpaired) electrons. The predicted octanol–water partition coefficient (Wildman–Crippen LogP) is 3.66. The van der Waals surface area contributed by atoms with Gasteiger partial charge in [-0.25, -0.2) is 8.42 Å². The van der Waals surface area contributed by atoms with Gasteiger partial charge >= 0.3 is 0 Å². The number of thioether (sulfide) groups is 1. The van der Waals surface area contributed by atoms with Crippen molar-refractivity contribution in [3.05, 3.63) is 58.6 Å². The van der Waals surface area contributed by atoms with Gasteiger partial charge < -0.3 is 5.32 Å². The van der Waals surface area contributed by atoms with Crippen molar-refractivity contribution in [2.24, 2.45) is 0 Å². The Labute approximate surface area is 161 Å². The molecule has 0 aliphatic carbocycles. The number of hydrogen-bond acceptors (Lipinski definition) is 4. The van der Waals surface area contributed by atoms with Crippen LogP contribution in [0, 0.1) is 0 Å². The van der Waals surface area contributed by atoms with Crippen molar-refractivity contribution in [3.8, 4) is 0 Å². The number of carbonyl (C=O) groups excluding carboxylic acids is 1. The number of benzene rings is 2. The second kappa shape index (κ2) is 6.88. The summed E-state index contributed by atoms with van der Waals surface area (Å²) in [6.45, 7) is 0.441. The number of nitrogens with one attached hydrogen (secondary N) is 1. The van der Waals surface area contributed by atoms with E-state index in [1.165, 1.54) is 4.31 Å².